The van der Waals surface area contributed by atoms with Crippen LogP contribution in [0.1, 0.15) is 27.2 Å². The lowest BCUT2D eigenvalue weighted by molar-refractivity contribution is -0.148. The average molecular weight is 284 g/mol. The highest BCUT2D eigenvalue weighted by Gasteiger charge is 2.33. The second-order valence-corrected chi connectivity index (χ2v) is 5.41. The Bertz CT molecular complexity index is 324. The zero-order valence-electron chi connectivity index (χ0n) is 11.2. The first-order valence-electron chi connectivity index (χ1n) is 5.72. The summed E-state index contributed by atoms with van der Waals surface area (Å²) in [7, 11) is 0. The number of carboxylic acid groups (broad SMARTS) is 1. The number of hydrogen-bond acceptors (Lipinski definition) is 2. The zero-order chi connectivity index (χ0) is 15.3. The molecule has 19 heavy (non-hydrogen) atoms. The van der Waals surface area contributed by atoms with Crippen molar-refractivity contribution >= 4 is 12.0 Å². The fourth-order valence-corrected chi connectivity index (χ4v) is 1.24. The fraction of sp³-hybridized carbons (Fsp3) is 0.818. The Morgan fingerprint density at radius 3 is 2.11 bits per heavy atom. The summed E-state index contributed by atoms with van der Waals surface area (Å²) in [6, 6.07) is -1.02. The molecule has 0 atom stereocenters. The van der Waals surface area contributed by atoms with Gasteiger partial charge >= 0.3 is 18.2 Å². The van der Waals surface area contributed by atoms with Crippen LogP contribution >= 0.6 is 0 Å². The highest BCUT2D eigenvalue weighted by Crippen LogP contribution is 2.18. The summed E-state index contributed by atoms with van der Waals surface area (Å²) in [5.41, 5.74) is -0.0745. The van der Waals surface area contributed by atoms with Crippen LogP contribution in [0.2, 0.25) is 0 Å². The van der Waals surface area contributed by atoms with Gasteiger partial charge in [-0.15, -0.1) is 0 Å². The molecular formula is C11H19F3N2O3. The van der Waals surface area contributed by atoms with Crippen molar-refractivity contribution in [1.82, 2.24) is 10.2 Å². The van der Waals surface area contributed by atoms with E-state index in [0.29, 0.717) is 6.42 Å². The molecule has 112 valence electrons. The second kappa shape index (κ2) is 6.63. The van der Waals surface area contributed by atoms with Gasteiger partial charge in [0, 0.05) is 6.54 Å². The lowest BCUT2D eigenvalue weighted by Crippen LogP contribution is -2.47. The summed E-state index contributed by atoms with van der Waals surface area (Å²) >= 11 is 0. The number of carboxylic acids is 1. The molecule has 0 aromatic rings. The van der Waals surface area contributed by atoms with Gasteiger partial charge in [0.05, 0.1) is 0 Å². The molecule has 0 saturated carbocycles. The first kappa shape index (κ1) is 17.5. The van der Waals surface area contributed by atoms with E-state index in [0.717, 1.165) is 0 Å². The van der Waals surface area contributed by atoms with Gasteiger partial charge in [-0.3, -0.25) is 4.79 Å². The van der Waals surface area contributed by atoms with Crippen LogP contribution in [0.4, 0.5) is 18.0 Å². The standard InChI is InChI=1S/C11H19F3N2O3/c1-10(2,3)4-5-15-9(19)16(6-8(17)18)7-11(12,13)14/h4-7H2,1-3H3,(H,15,19)(H,17,18). The van der Waals surface area contributed by atoms with E-state index in [1.165, 1.54) is 0 Å². The molecule has 0 aliphatic heterocycles. The van der Waals surface area contributed by atoms with Crippen LogP contribution in [-0.4, -0.2) is 47.8 Å². The molecule has 8 heteroatoms. The molecule has 0 heterocycles. The van der Waals surface area contributed by atoms with Crippen molar-refractivity contribution in [2.45, 2.75) is 33.4 Å². The van der Waals surface area contributed by atoms with Gasteiger partial charge in [0.1, 0.15) is 13.1 Å². The molecule has 0 spiro atoms. The Kier molecular flexibility index (Phi) is 6.11. The number of halogens is 3. The molecule has 0 aliphatic carbocycles. The minimum atomic E-state index is -4.63. The molecule has 0 aromatic heterocycles. The second-order valence-electron chi connectivity index (χ2n) is 5.41. The Hall–Kier alpha value is -1.47. The smallest absolute Gasteiger partial charge is 0.406 e. The minimum Gasteiger partial charge on any atom is -0.480 e. The molecule has 2 N–H and O–H groups in total. The third-order valence-electron chi connectivity index (χ3n) is 2.13. The highest BCUT2D eigenvalue weighted by molar-refractivity contribution is 5.80. The van der Waals surface area contributed by atoms with E-state index in [1.54, 1.807) is 0 Å². The summed E-state index contributed by atoms with van der Waals surface area (Å²) in [6.07, 6.45) is -4.05. The number of aliphatic carboxylic acids is 1. The molecule has 0 unspecified atom stereocenters. The predicted molar refractivity (Wildman–Crippen MR) is 62.7 cm³/mol. The zero-order valence-corrected chi connectivity index (χ0v) is 11.2. The van der Waals surface area contributed by atoms with Crippen molar-refractivity contribution in [3.05, 3.63) is 0 Å². The van der Waals surface area contributed by atoms with E-state index >= 15 is 0 Å². The van der Waals surface area contributed by atoms with Gasteiger partial charge in [-0.2, -0.15) is 13.2 Å². The SMILES string of the molecule is CC(C)(C)CCNC(=O)N(CC(=O)O)CC(F)(F)F. The van der Waals surface area contributed by atoms with Gasteiger partial charge in [0.25, 0.3) is 0 Å². The molecule has 0 fully saturated rings. The first-order valence-corrected chi connectivity index (χ1v) is 5.72. The molecular weight excluding hydrogens is 265 g/mol. The van der Waals surface area contributed by atoms with Crippen molar-refractivity contribution in [2.75, 3.05) is 19.6 Å². The van der Waals surface area contributed by atoms with Crippen molar-refractivity contribution in [2.24, 2.45) is 5.41 Å². The summed E-state index contributed by atoms with van der Waals surface area (Å²) in [5, 5.41) is 10.8. The molecule has 0 rings (SSSR count). The van der Waals surface area contributed by atoms with Crippen molar-refractivity contribution < 1.29 is 27.9 Å². The number of urea groups is 1. The average Bonchev–Trinajstić information content (AvgIpc) is 2.11. The van der Waals surface area contributed by atoms with E-state index in [9.17, 15) is 22.8 Å². The molecule has 5 nitrogen and oxygen atoms in total. The van der Waals surface area contributed by atoms with Crippen molar-refractivity contribution in [3.63, 3.8) is 0 Å². The lowest BCUT2D eigenvalue weighted by atomic mass is 9.92. The van der Waals surface area contributed by atoms with Crippen LogP contribution in [0.3, 0.4) is 0 Å². The molecule has 0 saturated heterocycles. The predicted octanol–water partition coefficient (Wildman–Crippen LogP) is 2.08. The number of rotatable bonds is 5. The van der Waals surface area contributed by atoms with Crippen molar-refractivity contribution in [3.8, 4) is 0 Å². The summed E-state index contributed by atoms with van der Waals surface area (Å²) < 4.78 is 36.6. The van der Waals surface area contributed by atoms with Crippen LogP contribution in [0, 0.1) is 5.41 Å². The Labute approximate surface area is 109 Å². The van der Waals surface area contributed by atoms with E-state index in [-0.39, 0.29) is 16.9 Å². The van der Waals surface area contributed by atoms with Crippen LogP contribution in [-0.2, 0) is 4.79 Å². The van der Waals surface area contributed by atoms with Gasteiger partial charge in [-0.25, -0.2) is 4.79 Å². The molecule has 0 bridgehead atoms. The Morgan fingerprint density at radius 2 is 1.74 bits per heavy atom. The maximum absolute atomic E-state index is 12.2. The monoisotopic (exact) mass is 284 g/mol. The van der Waals surface area contributed by atoms with Crippen LogP contribution in [0.5, 0.6) is 0 Å². The number of nitrogens with one attached hydrogen (secondary N) is 1. The topological polar surface area (TPSA) is 69.6 Å². The summed E-state index contributed by atoms with van der Waals surface area (Å²) in [6.45, 7) is 3.38. The molecule has 0 aromatic carbocycles. The third kappa shape index (κ3) is 10.2. The van der Waals surface area contributed by atoms with Crippen LogP contribution in [0.25, 0.3) is 0 Å². The number of hydrogen-bond donors (Lipinski definition) is 2. The summed E-state index contributed by atoms with van der Waals surface area (Å²) in [4.78, 5) is 22.2. The molecule has 0 radical (unpaired) electrons. The number of nitrogens with zero attached hydrogens (tertiary/aromatic N) is 1. The Morgan fingerprint density at radius 1 is 1.21 bits per heavy atom. The fourth-order valence-electron chi connectivity index (χ4n) is 1.24. The van der Waals surface area contributed by atoms with E-state index in [2.05, 4.69) is 5.32 Å². The number of carbonyl (C=O) groups is 2. The van der Waals surface area contributed by atoms with Gasteiger partial charge in [-0.1, -0.05) is 20.8 Å². The van der Waals surface area contributed by atoms with Gasteiger partial charge < -0.3 is 15.3 Å². The highest BCUT2D eigenvalue weighted by atomic mass is 19.4. The third-order valence-corrected chi connectivity index (χ3v) is 2.13. The Balaban J connectivity index is 4.42. The van der Waals surface area contributed by atoms with E-state index in [1.807, 2.05) is 20.8 Å². The van der Waals surface area contributed by atoms with Crippen molar-refractivity contribution in [1.29, 1.82) is 0 Å². The van der Waals surface area contributed by atoms with Gasteiger partial charge in [0.15, 0.2) is 0 Å². The number of alkyl halides is 3. The largest absolute Gasteiger partial charge is 0.480 e. The summed E-state index contributed by atoms with van der Waals surface area (Å²) in [5.74, 6) is -1.49. The normalized spacial score (nSPS) is 12.1. The van der Waals surface area contributed by atoms with Gasteiger partial charge in [0.2, 0.25) is 0 Å². The minimum absolute atomic E-state index is 0.0745. The molecule has 0 aliphatic rings. The first-order chi connectivity index (χ1) is 8.41. The maximum atomic E-state index is 12.2. The van der Waals surface area contributed by atoms with Crippen LogP contribution in [0.15, 0.2) is 0 Å². The molecule has 2 amide bonds. The van der Waals surface area contributed by atoms with E-state index in [4.69, 9.17) is 5.11 Å². The van der Waals surface area contributed by atoms with Crippen LogP contribution < -0.4 is 5.32 Å². The lowest BCUT2D eigenvalue weighted by Gasteiger charge is -2.24. The number of amides is 2. The van der Waals surface area contributed by atoms with Gasteiger partial charge in [-0.05, 0) is 11.8 Å². The quantitative estimate of drug-likeness (QED) is 0.812. The maximum Gasteiger partial charge on any atom is 0.406 e. The number of carbonyl (C=O) groups excluding carboxylic acids is 1. The van der Waals surface area contributed by atoms with E-state index < -0.39 is 31.3 Å².